The normalized spacial score (nSPS) is 20.0. The van der Waals surface area contributed by atoms with Crippen LogP contribution < -0.4 is 10.5 Å². The maximum absolute atomic E-state index is 5.83. The summed E-state index contributed by atoms with van der Waals surface area (Å²) in [6.45, 7) is 5.01. The van der Waals surface area contributed by atoms with Gasteiger partial charge in [-0.3, -0.25) is 0 Å². The van der Waals surface area contributed by atoms with Gasteiger partial charge in [-0.05, 0) is 25.0 Å². The predicted octanol–water partition coefficient (Wildman–Crippen LogP) is 1.87. The molecule has 1 aromatic rings. The fourth-order valence-electron chi connectivity index (χ4n) is 1.89. The molecule has 3 nitrogen and oxygen atoms in total. The van der Waals surface area contributed by atoms with Gasteiger partial charge in [0.2, 0.25) is 0 Å². The smallest absolute Gasteiger partial charge is 0.124 e. The molecule has 0 aromatic heterocycles. The van der Waals surface area contributed by atoms with Crippen LogP contribution in [0.4, 0.5) is 0 Å². The number of nitrogens with two attached hydrogens (primary N) is 1. The minimum atomic E-state index is 0.525. The van der Waals surface area contributed by atoms with E-state index in [1.54, 1.807) is 0 Å². The lowest BCUT2D eigenvalue weighted by atomic mass is 10.1. The fraction of sp³-hybridized carbons (Fsp3) is 0.538. The Hall–Kier alpha value is -1.06. The molecule has 0 bridgehead atoms. The molecular weight excluding hydrogens is 202 g/mol. The highest BCUT2D eigenvalue weighted by atomic mass is 16.5. The van der Waals surface area contributed by atoms with Crippen LogP contribution in [0.2, 0.25) is 0 Å². The van der Waals surface area contributed by atoms with E-state index < -0.39 is 0 Å². The van der Waals surface area contributed by atoms with E-state index in [2.05, 4.69) is 19.1 Å². The second-order valence-electron chi connectivity index (χ2n) is 4.36. The summed E-state index contributed by atoms with van der Waals surface area (Å²) in [4.78, 5) is 0. The Bertz CT molecular complexity index is 346. The van der Waals surface area contributed by atoms with E-state index in [-0.39, 0.29) is 0 Å². The second kappa shape index (κ2) is 5.32. The second-order valence-corrected chi connectivity index (χ2v) is 4.36. The van der Waals surface area contributed by atoms with Crippen LogP contribution in [0.1, 0.15) is 17.5 Å². The monoisotopic (exact) mass is 221 g/mol. The van der Waals surface area contributed by atoms with Gasteiger partial charge in [0.1, 0.15) is 5.75 Å². The van der Waals surface area contributed by atoms with Gasteiger partial charge in [0.25, 0.3) is 0 Å². The third-order valence-electron chi connectivity index (χ3n) is 2.94. The molecule has 1 aliphatic heterocycles. The molecule has 1 aliphatic rings. The minimum absolute atomic E-state index is 0.525. The molecule has 1 atom stereocenters. The molecule has 0 unspecified atom stereocenters. The zero-order valence-corrected chi connectivity index (χ0v) is 9.74. The lowest BCUT2D eigenvalue weighted by Crippen LogP contribution is -2.13. The van der Waals surface area contributed by atoms with Gasteiger partial charge in [0.15, 0.2) is 0 Å². The maximum Gasteiger partial charge on any atom is 0.124 e. The first-order chi connectivity index (χ1) is 7.79. The summed E-state index contributed by atoms with van der Waals surface area (Å²) in [6.07, 6.45) is 1.10. The zero-order valence-electron chi connectivity index (χ0n) is 9.74. The van der Waals surface area contributed by atoms with Crippen molar-refractivity contribution in [3.8, 4) is 5.75 Å². The van der Waals surface area contributed by atoms with E-state index in [0.29, 0.717) is 12.5 Å². The Kier molecular flexibility index (Phi) is 3.80. The summed E-state index contributed by atoms with van der Waals surface area (Å²) < 4.78 is 11.2. The molecule has 0 amide bonds. The SMILES string of the molecule is Cc1ccc(CN)c(OC[C@@H]2CCOC2)c1. The first-order valence-electron chi connectivity index (χ1n) is 5.79. The molecule has 0 radical (unpaired) electrons. The molecule has 2 N–H and O–H groups in total. The minimum Gasteiger partial charge on any atom is -0.493 e. The first-order valence-corrected chi connectivity index (χ1v) is 5.79. The Balaban J connectivity index is 1.98. The van der Waals surface area contributed by atoms with Crippen LogP contribution in [0, 0.1) is 12.8 Å². The zero-order chi connectivity index (χ0) is 11.4. The largest absolute Gasteiger partial charge is 0.493 e. The molecule has 0 spiro atoms. The summed E-state index contributed by atoms with van der Waals surface area (Å²) >= 11 is 0. The maximum atomic E-state index is 5.83. The van der Waals surface area contributed by atoms with Gasteiger partial charge in [-0.1, -0.05) is 12.1 Å². The predicted molar refractivity (Wildman–Crippen MR) is 63.5 cm³/mol. The van der Waals surface area contributed by atoms with Crippen molar-refractivity contribution in [1.29, 1.82) is 0 Å². The molecule has 0 aliphatic carbocycles. The number of benzene rings is 1. The van der Waals surface area contributed by atoms with Crippen LogP contribution in [0.25, 0.3) is 0 Å². The summed E-state index contributed by atoms with van der Waals surface area (Å²) in [6, 6.07) is 6.15. The van der Waals surface area contributed by atoms with Gasteiger partial charge in [0, 0.05) is 24.6 Å². The molecule has 1 heterocycles. The van der Waals surface area contributed by atoms with E-state index in [1.165, 1.54) is 5.56 Å². The Morgan fingerprint density at radius 2 is 2.38 bits per heavy atom. The highest BCUT2D eigenvalue weighted by molar-refractivity contribution is 5.36. The van der Waals surface area contributed by atoms with Crippen LogP contribution in [-0.4, -0.2) is 19.8 Å². The number of rotatable bonds is 4. The van der Waals surface area contributed by atoms with E-state index in [0.717, 1.165) is 37.6 Å². The van der Waals surface area contributed by atoms with E-state index >= 15 is 0 Å². The van der Waals surface area contributed by atoms with Crippen molar-refractivity contribution < 1.29 is 9.47 Å². The molecule has 2 rings (SSSR count). The Morgan fingerprint density at radius 3 is 3.06 bits per heavy atom. The van der Waals surface area contributed by atoms with Crippen molar-refractivity contribution in [3.05, 3.63) is 29.3 Å². The van der Waals surface area contributed by atoms with E-state index in [4.69, 9.17) is 15.2 Å². The van der Waals surface area contributed by atoms with Crippen LogP contribution in [0.3, 0.4) is 0 Å². The average Bonchev–Trinajstić information content (AvgIpc) is 2.79. The van der Waals surface area contributed by atoms with E-state index in [9.17, 15) is 0 Å². The van der Waals surface area contributed by atoms with Gasteiger partial charge in [-0.15, -0.1) is 0 Å². The molecular formula is C13H19NO2. The highest BCUT2D eigenvalue weighted by Gasteiger charge is 2.16. The van der Waals surface area contributed by atoms with Crippen molar-refractivity contribution in [1.82, 2.24) is 0 Å². The van der Waals surface area contributed by atoms with Crippen LogP contribution in [0.5, 0.6) is 5.75 Å². The van der Waals surface area contributed by atoms with Crippen molar-refractivity contribution >= 4 is 0 Å². The lowest BCUT2D eigenvalue weighted by molar-refractivity contribution is 0.166. The molecule has 3 heteroatoms. The average molecular weight is 221 g/mol. The van der Waals surface area contributed by atoms with E-state index in [1.807, 2.05) is 6.07 Å². The number of ether oxygens (including phenoxy) is 2. The Labute approximate surface area is 96.5 Å². The topological polar surface area (TPSA) is 44.5 Å². The highest BCUT2D eigenvalue weighted by Crippen LogP contribution is 2.22. The molecule has 1 aromatic carbocycles. The molecule has 1 fully saturated rings. The number of aryl methyl sites for hydroxylation is 1. The third-order valence-corrected chi connectivity index (χ3v) is 2.94. The summed E-state index contributed by atoms with van der Waals surface area (Å²) in [5, 5.41) is 0. The van der Waals surface area contributed by atoms with Gasteiger partial charge in [0.05, 0.1) is 13.2 Å². The van der Waals surface area contributed by atoms with Gasteiger partial charge in [-0.25, -0.2) is 0 Å². The third kappa shape index (κ3) is 2.74. The standard InChI is InChI=1S/C13H19NO2/c1-10-2-3-12(7-14)13(6-10)16-9-11-4-5-15-8-11/h2-3,6,11H,4-5,7-9,14H2,1H3/t11-/m1/s1. The summed E-state index contributed by atoms with van der Waals surface area (Å²) in [5.41, 5.74) is 7.96. The Morgan fingerprint density at radius 1 is 1.50 bits per heavy atom. The quantitative estimate of drug-likeness (QED) is 0.844. The first kappa shape index (κ1) is 11.4. The van der Waals surface area contributed by atoms with Crippen LogP contribution in [0.15, 0.2) is 18.2 Å². The summed E-state index contributed by atoms with van der Waals surface area (Å²) in [7, 11) is 0. The van der Waals surface area contributed by atoms with Crippen molar-refractivity contribution in [2.75, 3.05) is 19.8 Å². The molecule has 88 valence electrons. The fourth-order valence-corrected chi connectivity index (χ4v) is 1.89. The summed E-state index contributed by atoms with van der Waals surface area (Å²) in [5.74, 6) is 1.46. The molecule has 0 saturated carbocycles. The number of hydrogen-bond acceptors (Lipinski definition) is 3. The molecule has 16 heavy (non-hydrogen) atoms. The van der Waals surface area contributed by atoms with Gasteiger partial charge in [-0.2, -0.15) is 0 Å². The van der Waals surface area contributed by atoms with Gasteiger partial charge < -0.3 is 15.2 Å². The lowest BCUT2D eigenvalue weighted by Gasteiger charge is -2.13. The number of hydrogen-bond donors (Lipinski definition) is 1. The van der Waals surface area contributed by atoms with Crippen LogP contribution >= 0.6 is 0 Å². The van der Waals surface area contributed by atoms with Crippen molar-refractivity contribution in [3.63, 3.8) is 0 Å². The van der Waals surface area contributed by atoms with Crippen molar-refractivity contribution in [2.45, 2.75) is 19.9 Å². The van der Waals surface area contributed by atoms with Crippen LogP contribution in [-0.2, 0) is 11.3 Å². The molecule has 1 saturated heterocycles. The van der Waals surface area contributed by atoms with Gasteiger partial charge >= 0.3 is 0 Å². The van der Waals surface area contributed by atoms with Crippen molar-refractivity contribution in [2.24, 2.45) is 11.7 Å².